The third kappa shape index (κ3) is 3.67. The number of ether oxygens (including phenoxy) is 2. The maximum atomic E-state index is 12.4. The van der Waals surface area contributed by atoms with Crippen LogP contribution >= 0.6 is 11.3 Å². The molecule has 28 heavy (non-hydrogen) atoms. The Morgan fingerprint density at radius 1 is 1.21 bits per heavy atom. The molecule has 4 aromatic rings. The van der Waals surface area contributed by atoms with E-state index in [1.807, 2.05) is 53.4 Å². The van der Waals surface area contributed by atoms with E-state index in [-0.39, 0.29) is 6.61 Å². The first-order valence-electron chi connectivity index (χ1n) is 8.52. The molecule has 7 nitrogen and oxygen atoms in total. The van der Waals surface area contributed by atoms with E-state index in [0.717, 1.165) is 16.4 Å². The molecule has 0 amide bonds. The van der Waals surface area contributed by atoms with Crippen LogP contribution in [0.1, 0.15) is 21.1 Å². The zero-order valence-corrected chi connectivity index (χ0v) is 16.1. The summed E-state index contributed by atoms with van der Waals surface area (Å²) in [4.78, 5) is 17.3. The van der Waals surface area contributed by atoms with Crippen molar-refractivity contribution in [2.45, 2.75) is 13.5 Å². The van der Waals surface area contributed by atoms with Crippen LogP contribution in [-0.2, 0) is 11.3 Å². The number of hydrogen-bond donors (Lipinski definition) is 0. The molecule has 0 spiro atoms. The lowest BCUT2D eigenvalue weighted by Crippen LogP contribution is -2.05. The number of nitrogens with zero attached hydrogens (tertiary/aromatic N) is 3. The van der Waals surface area contributed by atoms with Gasteiger partial charge < -0.3 is 18.6 Å². The number of carbonyl (C=O) groups excluding carboxylic acids is 1. The fourth-order valence-corrected chi connectivity index (χ4v) is 3.55. The van der Waals surface area contributed by atoms with E-state index in [4.69, 9.17) is 14.0 Å². The van der Waals surface area contributed by atoms with Gasteiger partial charge >= 0.3 is 5.97 Å². The molecule has 4 rings (SSSR count). The van der Waals surface area contributed by atoms with E-state index in [9.17, 15) is 4.79 Å². The van der Waals surface area contributed by atoms with E-state index in [2.05, 4.69) is 10.1 Å². The predicted octanol–water partition coefficient (Wildman–Crippen LogP) is 4.26. The van der Waals surface area contributed by atoms with E-state index in [1.54, 1.807) is 20.1 Å². The molecular formula is C20H17N3O4S. The number of carbonyl (C=O) groups is 1. The normalized spacial score (nSPS) is 10.8. The molecule has 0 bridgehead atoms. The summed E-state index contributed by atoms with van der Waals surface area (Å²) in [5.41, 5.74) is 2.03. The van der Waals surface area contributed by atoms with E-state index in [0.29, 0.717) is 22.0 Å². The average molecular weight is 395 g/mol. The summed E-state index contributed by atoms with van der Waals surface area (Å²) in [6.45, 7) is 1.81. The quantitative estimate of drug-likeness (QED) is 0.454. The van der Waals surface area contributed by atoms with Gasteiger partial charge in [-0.25, -0.2) is 9.78 Å². The lowest BCUT2D eigenvalue weighted by molar-refractivity contribution is 0.0469. The van der Waals surface area contributed by atoms with Gasteiger partial charge in [-0.1, -0.05) is 16.5 Å². The molecule has 8 heteroatoms. The van der Waals surface area contributed by atoms with Crippen molar-refractivity contribution in [1.29, 1.82) is 0 Å². The number of methoxy groups -OCH3 is 1. The zero-order chi connectivity index (χ0) is 19.5. The van der Waals surface area contributed by atoms with Crippen LogP contribution in [0.4, 0.5) is 0 Å². The van der Waals surface area contributed by atoms with Crippen molar-refractivity contribution in [3.63, 3.8) is 0 Å². The molecule has 0 aliphatic rings. The molecule has 3 heterocycles. The second-order valence-corrected chi connectivity index (χ2v) is 6.97. The summed E-state index contributed by atoms with van der Waals surface area (Å²) in [6.07, 6.45) is 3.76. The Balaban J connectivity index is 1.42. The van der Waals surface area contributed by atoms with Crippen LogP contribution in [0.3, 0.4) is 0 Å². The van der Waals surface area contributed by atoms with Crippen LogP contribution in [0.2, 0.25) is 0 Å². The Hall–Kier alpha value is -3.39. The lowest BCUT2D eigenvalue weighted by atomic mass is 10.1. The predicted molar refractivity (Wildman–Crippen MR) is 104 cm³/mol. The molecule has 0 unspecified atom stereocenters. The summed E-state index contributed by atoms with van der Waals surface area (Å²) >= 11 is 1.29. The number of aryl methyl sites for hydroxylation is 1. The number of hydrogen-bond acceptors (Lipinski definition) is 7. The summed E-state index contributed by atoms with van der Waals surface area (Å²) in [7, 11) is 1.61. The van der Waals surface area contributed by atoms with Gasteiger partial charge in [-0.2, -0.15) is 0 Å². The number of rotatable bonds is 6. The monoisotopic (exact) mass is 395 g/mol. The van der Waals surface area contributed by atoms with Crippen molar-refractivity contribution in [3.05, 3.63) is 71.1 Å². The molecule has 0 N–H and O–H groups in total. The van der Waals surface area contributed by atoms with Crippen LogP contribution in [0, 0.1) is 6.92 Å². The molecule has 0 fully saturated rings. The molecule has 3 aromatic heterocycles. The molecular weight excluding hydrogens is 378 g/mol. The van der Waals surface area contributed by atoms with Gasteiger partial charge in [0, 0.05) is 24.0 Å². The largest absolute Gasteiger partial charge is 0.497 e. The van der Waals surface area contributed by atoms with Gasteiger partial charge in [-0.05, 0) is 43.3 Å². The van der Waals surface area contributed by atoms with Crippen molar-refractivity contribution in [3.8, 4) is 22.2 Å². The zero-order valence-electron chi connectivity index (χ0n) is 15.3. The Bertz CT molecular complexity index is 1080. The smallest absolute Gasteiger partial charge is 0.350 e. The SMILES string of the molecule is COc1ccc(-c2cc(COC(=O)c3sc(-n4cccc4)nc3C)no2)cc1. The first-order valence-corrected chi connectivity index (χ1v) is 9.33. The maximum absolute atomic E-state index is 12.4. The van der Waals surface area contributed by atoms with Crippen LogP contribution < -0.4 is 4.74 Å². The Morgan fingerprint density at radius 3 is 2.68 bits per heavy atom. The number of esters is 1. The van der Waals surface area contributed by atoms with Crippen LogP contribution in [0.15, 0.2) is 59.4 Å². The molecule has 0 aliphatic carbocycles. The molecule has 0 saturated heterocycles. The fourth-order valence-electron chi connectivity index (χ4n) is 2.62. The topological polar surface area (TPSA) is 79.4 Å². The molecule has 0 radical (unpaired) electrons. The summed E-state index contributed by atoms with van der Waals surface area (Å²) < 4.78 is 17.7. The second kappa shape index (κ2) is 7.69. The highest BCUT2D eigenvalue weighted by atomic mass is 32.1. The fraction of sp³-hybridized carbons (Fsp3) is 0.150. The first-order chi connectivity index (χ1) is 13.6. The van der Waals surface area contributed by atoms with Crippen molar-refractivity contribution in [2.24, 2.45) is 0 Å². The molecule has 0 atom stereocenters. The van der Waals surface area contributed by atoms with Gasteiger partial charge in [-0.15, -0.1) is 0 Å². The van der Waals surface area contributed by atoms with Crippen LogP contribution in [0.5, 0.6) is 5.75 Å². The van der Waals surface area contributed by atoms with Gasteiger partial charge in [0.1, 0.15) is 22.9 Å². The standard InChI is InChI=1S/C20H17N3O4S/c1-13-18(28-20(21-13)23-9-3-4-10-23)19(24)26-12-15-11-17(27-22-15)14-5-7-16(25-2)8-6-14/h3-11H,12H2,1-2H3. The Labute approximate surface area is 165 Å². The van der Waals surface area contributed by atoms with Crippen molar-refractivity contribution < 1.29 is 18.8 Å². The highest BCUT2D eigenvalue weighted by Gasteiger charge is 2.18. The second-order valence-electron chi connectivity index (χ2n) is 5.99. The minimum Gasteiger partial charge on any atom is -0.497 e. The molecule has 142 valence electrons. The third-order valence-electron chi connectivity index (χ3n) is 4.08. The van der Waals surface area contributed by atoms with E-state index >= 15 is 0 Å². The van der Waals surface area contributed by atoms with E-state index in [1.165, 1.54) is 11.3 Å². The van der Waals surface area contributed by atoms with Crippen molar-refractivity contribution in [2.75, 3.05) is 7.11 Å². The van der Waals surface area contributed by atoms with Gasteiger partial charge in [0.15, 0.2) is 10.9 Å². The minimum atomic E-state index is -0.428. The Morgan fingerprint density at radius 2 is 1.96 bits per heavy atom. The number of benzene rings is 1. The molecule has 1 aromatic carbocycles. The Kier molecular flexibility index (Phi) is 4.94. The van der Waals surface area contributed by atoms with Gasteiger partial charge in [0.2, 0.25) is 0 Å². The number of aromatic nitrogens is 3. The van der Waals surface area contributed by atoms with Crippen LogP contribution in [0.25, 0.3) is 16.5 Å². The molecule has 0 saturated carbocycles. The lowest BCUT2D eigenvalue weighted by Gasteiger charge is -2.00. The van der Waals surface area contributed by atoms with Crippen molar-refractivity contribution in [1.82, 2.24) is 14.7 Å². The van der Waals surface area contributed by atoms with Crippen LogP contribution in [-0.4, -0.2) is 27.8 Å². The summed E-state index contributed by atoms with van der Waals surface area (Å²) in [6, 6.07) is 13.0. The van der Waals surface area contributed by atoms with E-state index < -0.39 is 5.97 Å². The number of thiazole rings is 1. The van der Waals surface area contributed by atoms with Gasteiger partial charge in [0.25, 0.3) is 0 Å². The average Bonchev–Trinajstić information content (AvgIpc) is 3.46. The first kappa shape index (κ1) is 18.0. The third-order valence-corrected chi connectivity index (χ3v) is 5.23. The summed E-state index contributed by atoms with van der Waals surface area (Å²) in [5, 5.41) is 4.69. The highest BCUT2D eigenvalue weighted by molar-refractivity contribution is 7.16. The highest BCUT2D eigenvalue weighted by Crippen LogP contribution is 2.25. The van der Waals surface area contributed by atoms with Crippen molar-refractivity contribution >= 4 is 17.3 Å². The minimum absolute atomic E-state index is 0.0225. The maximum Gasteiger partial charge on any atom is 0.350 e. The van der Waals surface area contributed by atoms with Gasteiger partial charge in [-0.3, -0.25) is 0 Å². The summed E-state index contributed by atoms with van der Waals surface area (Å²) in [5.74, 6) is 0.927. The van der Waals surface area contributed by atoms with Gasteiger partial charge in [0.05, 0.1) is 12.8 Å². The molecule has 0 aliphatic heterocycles.